The van der Waals surface area contributed by atoms with Gasteiger partial charge in [-0.2, -0.15) is 0 Å². The number of amides is 2. The van der Waals surface area contributed by atoms with Gasteiger partial charge in [0.15, 0.2) is 0 Å². The molecule has 0 aromatic heterocycles. The highest BCUT2D eigenvalue weighted by Gasteiger charge is 2.31. The van der Waals surface area contributed by atoms with Crippen molar-refractivity contribution in [2.75, 3.05) is 23.4 Å². The van der Waals surface area contributed by atoms with Gasteiger partial charge >= 0.3 is 6.03 Å². The maximum absolute atomic E-state index is 12.6. The second-order valence-corrected chi connectivity index (χ2v) is 9.09. The predicted octanol–water partition coefficient (Wildman–Crippen LogP) is 2.79. The third kappa shape index (κ3) is 5.24. The number of nitrogens with zero attached hydrogens (tertiary/aromatic N) is 1. The van der Waals surface area contributed by atoms with Crippen LogP contribution < -0.4 is 5.32 Å². The molecule has 1 aliphatic heterocycles. The van der Waals surface area contributed by atoms with E-state index in [1.165, 1.54) is 11.0 Å². The summed E-state index contributed by atoms with van der Waals surface area (Å²) in [5, 5.41) is 13.1. The molecule has 1 aromatic rings. The molecule has 0 saturated carbocycles. The van der Waals surface area contributed by atoms with Crippen LogP contribution in [0.2, 0.25) is 10.0 Å². The molecule has 9 heteroatoms. The lowest BCUT2D eigenvalue weighted by molar-refractivity contribution is 0.114. The Kier molecular flexibility index (Phi) is 6.36. The molecule has 0 unspecified atom stereocenters. The number of benzene rings is 1. The van der Waals surface area contributed by atoms with Crippen molar-refractivity contribution in [3.8, 4) is 0 Å². The van der Waals surface area contributed by atoms with E-state index in [2.05, 4.69) is 5.32 Å². The van der Waals surface area contributed by atoms with Crippen molar-refractivity contribution < 1.29 is 18.3 Å². The lowest BCUT2D eigenvalue weighted by Crippen LogP contribution is -2.49. The molecule has 2 N–H and O–H groups in total. The number of carbonyl (C=O) groups excluding carboxylic acids is 1. The highest BCUT2D eigenvalue weighted by atomic mass is 35.5. The summed E-state index contributed by atoms with van der Waals surface area (Å²) < 4.78 is 23.2. The van der Waals surface area contributed by atoms with E-state index < -0.39 is 22.0 Å². The molecular formula is C15H20Cl2N2O4S. The van der Waals surface area contributed by atoms with Gasteiger partial charge in [-0.05, 0) is 38.0 Å². The van der Waals surface area contributed by atoms with Crippen LogP contribution in [0.1, 0.15) is 19.8 Å². The summed E-state index contributed by atoms with van der Waals surface area (Å²) in [6.45, 7) is 1.68. The third-order valence-electron chi connectivity index (χ3n) is 3.86. The smallest absolute Gasteiger partial charge is 0.322 e. The molecule has 134 valence electrons. The minimum atomic E-state index is -3.03. The van der Waals surface area contributed by atoms with Gasteiger partial charge in [0.2, 0.25) is 0 Å². The lowest BCUT2D eigenvalue weighted by atomic mass is 10.1. The fourth-order valence-corrected chi connectivity index (χ4v) is 4.46. The first kappa shape index (κ1) is 19.3. The summed E-state index contributed by atoms with van der Waals surface area (Å²) in [5.41, 5.74) is 0.369. The van der Waals surface area contributed by atoms with Crippen molar-refractivity contribution in [1.29, 1.82) is 0 Å². The van der Waals surface area contributed by atoms with Crippen LogP contribution in [0, 0.1) is 0 Å². The molecule has 1 saturated heterocycles. The van der Waals surface area contributed by atoms with E-state index >= 15 is 0 Å². The number of aliphatic hydroxyl groups excluding tert-OH is 1. The Hall–Kier alpha value is -1.02. The van der Waals surface area contributed by atoms with E-state index in [0.29, 0.717) is 28.6 Å². The molecule has 2 rings (SSSR count). The number of anilines is 1. The molecule has 1 aliphatic rings. The highest BCUT2D eigenvalue weighted by Crippen LogP contribution is 2.27. The van der Waals surface area contributed by atoms with Crippen LogP contribution in [0.25, 0.3) is 0 Å². The molecule has 0 spiro atoms. The summed E-state index contributed by atoms with van der Waals surface area (Å²) in [6.07, 6.45) is -0.0264. The van der Waals surface area contributed by atoms with Crippen LogP contribution in [-0.4, -0.2) is 54.7 Å². The highest BCUT2D eigenvalue weighted by molar-refractivity contribution is 7.91. The summed E-state index contributed by atoms with van der Waals surface area (Å²) >= 11 is 12.0. The third-order valence-corrected chi connectivity index (χ3v) is 6.14. The van der Waals surface area contributed by atoms with E-state index in [1.807, 2.05) is 0 Å². The van der Waals surface area contributed by atoms with Crippen LogP contribution in [0.4, 0.5) is 10.5 Å². The van der Waals surface area contributed by atoms with Crippen molar-refractivity contribution in [3.05, 3.63) is 28.2 Å². The van der Waals surface area contributed by atoms with Gasteiger partial charge in [0.25, 0.3) is 0 Å². The van der Waals surface area contributed by atoms with Crippen molar-refractivity contribution >= 4 is 44.8 Å². The van der Waals surface area contributed by atoms with Crippen LogP contribution in [0.5, 0.6) is 0 Å². The van der Waals surface area contributed by atoms with Crippen LogP contribution >= 0.6 is 23.2 Å². The molecule has 1 heterocycles. The number of sulfone groups is 1. The Bertz CT molecular complexity index is 695. The number of hydrogen-bond donors (Lipinski definition) is 2. The van der Waals surface area contributed by atoms with Gasteiger partial charge in [0, 0.05) is 17.6 Å². The normalized spacial score (nSPS) is 18.8. The Morgan fingerprint density at radius 2 is 2.00 bits per heavy atom. The number of halogens is 2. The Labute approximate surface area is 151 Å². The second-order valence-electron chi connectivity index (χ2n) is 5.94. The Morgan fingerprint density at radius 1 is 1.38 bits per heavy atom. The van der Waals surface area contributed by atoms with Gasteiger partial charge in [-0.15, -0.1) is 0 Å². The molecule has 0 radical (unpaired) electrons. The monoisotopic (exact) mass is 394 g/mol. The average molecular weight is 395 g/mol. The molecule has 1 fully saturated rings. The maximum Gasteiger partial charge on any atom is 0.322 e. The second kappa shape index (κ2) is 7.91. The standard InChI is InChI=1S/C15H20Cl2N2O4S/c1-10(20)9-19(12-4-6-24(22,23)7-5-12)15(21)18-14-8-11(16)2-3-13(14)17/h2-3,8,10,12,20H,4-7,9H2,1H3,(H,18,21)/t10-/m1/s1. The van der Waals surface area contributed by atoms with Crippen molar-refractivity contribution in [1.82, 2.24) is 4.90 Å². The number of hydrogen-bond acceptors (Lipinski definition) is 4. The number of nitrogens with one attached hydrogen (secondary N) is 1. The predicted molar refractivity (Wildman–Crippen MR) is 95.5 cm³/mol. The first-order valence-electron chi connectivity index (χ1n) is 7.59. The van der Waals surface area contributed by atoms with Crippen LogP contribution in [-0.2, 0) is 9.84 Å². The summed E-state index contributed by atoms with van der Waals surface area (Å²) in [6, 6.07) is 4.03. The molecule has 1 aromatic carbocycles. The molecular weight excluding hydrogens is 375 g/mol. The fourth-order valence-electron chi connectivity index (χ4n) is 2.65. The molecule has 6 nitrogen and oxygen atoms in total. The molecule has 2 amide bonds. The molecule has 0 bridgehead atoms. The van der Waals surface area contributed by atoms with E-state index in [9.17, 15) is 18.3 Å². The SMILES string of the molecule is C[C@@H](O)CN(C(=O)Nc1cc(Cl)ccc1Cl)C1CCS(=O)(=O)CC1. The average Bonchev–Trinajstić information content (AvgIpc) is 2.48. The number of rotatable bonds is 4. The molecule has 24 heavy (non-hydrogen) atoms. The summed E-state index contributed by atoms with van der Waals surface area (Å²) in [7, 11) is -3.03. The van der Waals surface area contributed by atoms with Gasteiger partial charge < -0.3 is 15.3 Å². The number of urea groups is 1. The zero-order valence-corrected chi connectivity index (χ0v) is 15.5. The van der Waals surface area contributed by atoms with Crippen molar-refractivity contribution in [2.24, 2.45) is 0 Å². The van der Waals surface area contributed by atoms with Gasteiger partial charge in [0.1, 0.15) is 9.84 Å². The van der Waals surface area contributed by atoms with Crippen molar-refractivity contribution in [2.45, 2.75) is 31.9 Å². The quantitative estimate of drug-likeness (QED) is 0.821. The van der Waals surface area contributed by atoms with Gasteiger partial charge in [0.05, 0.1) is 28.3 Å². The van der Waals surface area contributed by atoms with E-state index in [4.69, 9.17) is 23.2 Å². The van der Waals surface area contributed by atoms with Crippen molar-refractivity contribution in [3.63, 3.8) is 0 Å². The van der Waals surface area contributed by atoms with Gasteiger partial charge in [-0.3, -0.25) is 0 Å². The fraction of sp³-hybridized carbons (Fsp3) is 0.533. The maximum atomic E-state index is 12.6. The molecule has 0 aliphatic carbocycles. The molecule has 1 atom stereocenters. The Morgan fingerprint density at radius 3 is 2.58 bits per heavy atom. The largest absolute Gasteiger partial charge is 0.392 e. The summed E-state index contributed by atoms with van der Waals surface area (Å²) in [4.78, 5) is 14.1. The number of carbonyl (C=O) groups is 1. The van der Waals surface area contributed by atoms with Gasteiger partial charge in [-0.1, -0.05) is 23.2 Å². The topological polar surface area (TPSA) is 86.7 Å². The minimum Gasteiger partial charge on any atom is -0.392 e. The number of aliphatic hydroxyl groups is 1. The van der Waals surface area contributed by atoms with E-state index in [0.717, 1.165) is 0 Å². The van der Waals surface area contributed by atoms with Gasteiger partial charge in [-0.25, -0.2) is 13.2 Å². The zero-order valence-electron chi connectivity index (χ0n) is 13.2. The van der Waals surface area contributed by atoms with E-state index in [1.54, 1.807) is 19.1 Å². The first-order chi connectivity index (χ1) is 11.2. The summed E-state index contributed by atoms with van der Waals surface area (Å²) in [5.74, 6) is 0.0817. The first-order valence-corrected chi connectivity index (χ1v) is 10.2. The van der Waals surface area contributed by atoms with Crippen LogP contribution in [0.15, 0.2) is 18.2 Å². The van der Waals surface area contributed by atoms with Crippen LogP contribution in [0.3, 0.4) is 0 Å². The lowest BCUT2D eigenvalue weighted by Gasteiger charge is -2.35. The Balaban J connectivity index is 2.15. The van der Waals surface area contributed by atoms with E-state index in [-0.39, 0.29) is 24.1 Å². The minimum absolute atomic E-state index is 0.0409. The zero-order chi connectivity index (χ0) is 17.9.